The van der Waals surface area contributed by atoms with Crippen molar-refractivity contribution in [2.45, 2.75) is 58.0 Å². The second kappa shape index (κ2) is 7.25. The summed E-state index contributed by atoms with van der Waals surface area (Å²) in [6.07, 6.45) is 5.21. The first-order valence-electron chi connectivity index (χ1n) is 7.80. The molecule has 1 saturated carbocycles. The van der Waals surface area contributed by atoms with Gasteiger partial charge in [0, 0.05) is 6.04 Å². The van der Waals surface area contributed by atoms with Crippen LogP contribution in [0.25, 0.3) is 0 Å². The molecule has 2 amide bonds. The fourth-order valence-electron chi connectivity index (χ4n) is 2.71. The standard InChI is InChI=1S/C17H24N2O2/c1-3-13-8-10-14(11-9-13)12(2)18-16(20)17(21)19-15-6-4-5-7-15/h8-12,15H,3-7H2,1-2H3,(H,18,20)(H,19,21). The number of amides is 2. The fraction of sp³-hybridized carbons (Fsp3) is 0.529. The maximum absolute atomic E-state index is 11.9. The lowest BCUT2D eigenvalue weighted by Crippen LogP contribution is -2.44. The zero-order valence-corrected chi connectivity index (χ0v) is 12.8. The Balaban J connectivity index is 1.86. The number of carbonyl (C=O) groups is 2. The van der Waals surface area contributed by atoms with Crippen molar-refractivity contribution in [2.24, 2.45) is 0 Å². The molecule has 0 aliphatic heterocycles. The Hall–Kier alpha value is -1.84. The van der Waals surface area contributed by atoms with Crippen LogP contribution in [0.15, 0.2) is 24.3 Å². The van der Waals surface area contributed by atoms with Crippen LogP contribution in [0.2, 0.25) is 0 Å². The average Bonchev–Trinajstić information content (AvgIpc) is 3.00. The number of hydrogen-bond acceptors (Lipinski definition) is 2. The lowest BCUT2D eigenvalue weighted by molar-refractivity contribution is -0.140. The van der Waals surface area contributed by atoms with E-state index in [0.717, 1.165) is 37.7 Å². The van der Waals surface area contributed by atoms with E-state index in [0.29, 0.717) is 0 Å². The van der Waals surface area contributed by atoms with Gasteiger partial charge in [0.25, 0.3) is 0 Å². The first-order valence-corrected chi connectivity index (χ1v) is 7.80. The topological polar surface area (TPSA) is 58.2 Å². The molecule has 1 fully saturated rings. The van der Waals surface area contributed by atoms with Gasteiger partial charge in [0.15, 0.2) is 0 Å². The van der Waals surface area contributed by atoms with E-state index in [4.69, 9.17) is 0 Å². The summed E-state index contributed by atoms with van der Waals surface area (Å²) in [7, 11) is 0. The predicted octanol–water partition coefficient (Wildman–Crippen LogP) is 2.49. The second-order valence-electron chi connectivity index (χ2n) is 5.75. The van der Waals surface area contributed by atoms with Gasteiger partial charge in [0.1, 0.15) is 0 Å². The smallest absolute Gasteiger partial charge is 0.309 e. The molecule has 0 radical (unpaired) electrons. The molecule has 0 bridgehead atoms. The summed E-state index contributed by atoms with van der Waals surface area (Å²) in [6, 6.07) is 8.10. The van der Waals surface area contributed by atoms with E-state index in [1.807, 2.05) is 19.1 Å². The van der Waals surface area contributed by atoms with Crippen molar-refractivity contribution in [3.05, 3.63) is 35.4 Å². The van der Waals surface area contributed by atoms with E-state index < -0.39 is 11.8 Å². The number of rotatable bonds is 4. The van der Waals surface area contributed by atoms with Crippen molar-refractivity contribution in [2.75, 3.05) is 0 Å². The Morgan fingerprint density at radius 1 is 1.14 bits per heavy atom. The Labute approximate surface area is 126 Å². The van der Waals surface area contributed by atoms with Crippen LogP contribution in [0.5, 0.6) is 0 Å². The van der Waals surface area contributed by atoms with Crippen LogP contribution in [-0.2, 0) is 16.0 Å². The van der Waals surface area contributed by atoms with Gasteiger partial charge in [-0.25, -0.2) is 0 Å². The minimum atomic E-state index is -0.547. The summed E-state index contributed by atoms with van der Waals surface area (Å²) in [5.41, 5.74) is 2.27. The minimum Gasteiger partial charge on any atom is -0.345 e. The van der Waals surface area contributed by atoms with Crippen molar-refractivity contribution >= 4 is 11.8 Å². The molecular weight excluding hydrogens is 264 g/mol. The average molecular weight is 288 g/mol. The third-order valence-corrected chi connectivity index (χ3v) is 4.13. The van der Waals surface area contributed by atoms with Crippen LogP contribution < -0.4 is 10.6 Å². The van der Waals surface area contributed by atoms with Gasteiger partial charge in [-0.3, -0.25) is 9.59 Å². The summed E-state index contributed by atoms with van der Waals surface area (Å²) >= 11 is 0. The maximum Gasteiger partial charge on any atom is 0.309 e. The molecule has 114 valence electrons. The number of nitrogens with one attached hydrogen (secondary N) is 2. The zero-order chi connectivity index (χ0) is 15.2. The lowest BCUT2D eigenvalue weighted by atomic mass is 10.0. The quantitative estimate of drug-likeness (QED) is 0.836. The molecule has 0 saturated heterocycles. The number of carbonyl (C=O) groups excluding carboxylic acids is 2. The lowest BCUT2D eigenvalue weighted by Gasteiger charge is -2.16. The molecule has 2 N–H and O–H groups in total. The highest BCUT2D eigenvalue weighted by molar-refractivity contribution is 6.35. The van der Waals surface area contributed by atoms with Crippen molar-refractivity contribution < 1.29 is 9.59 Å². The second-order valence-corrected chi connectivity index (χ2v) is 5.75. The molecule has 1 aliphatic rings. The van der Waals surface area contributed by atoms with E-state index in [1.54, 1.807) is 0 Å². The van der Waals surface area contributed by atoms with Gasteiger partial charge in [0.2, 0.25) is 0 Å². The van der Waals surface area contributed by atoms with Gasteiger partial charge < -0.3 is 10.6 Å². The van der Waals surface area contributed by atoms with Crippen LogP contribution in [-0.4, -0.2) is 17.9 Å². The van der Waals surface area contributed by atoms with E-state index >= 15 is 0 Å². The molecule has 2 rings (SSSR count). The fourth-order valence-corrected chi connectivity index (χ4v) is 2.71. The monoisotopic (exact) mass is 288 g/mol. The highest BCUT2D eigenvalue weighted by Gasteiger charge is 2.22. The first kappa shape index (κ1) is 15.5. The molecule has 1 unspecified atom stereocenters. The molecule has 21 heavy (non-hydrogen) atoms. The summed E-state index contributed by atoms with van der Waals surface area (Å²) in [5, 5.41) is 5.56. The number of benzene rings is 1. The minimum absolute atomic E-state index is 0.169. The SMILES string of the molecule is CCc1ccc(C(C)NC(=O)C(=O)NC2CCCC2)cc1. The number of hydrogen-bond donors (Lipinski definition) is 2. The Bertz CT molecular complexity index is 490. The van der Waals surface area contributed by atoms with Gasteiger partial charge in [-0.05, 0) is 37.3 Å². The Morgan fingerprint density at radius 3 is 2.33 bits per heavy atom. The highest BCUT2D eigenvalue weighted by atomic mass is 16.2. The molecule has 4 nitrogen and oxygen atoms in total. The van der Waals surface area contributed by atoms with Crippen molar-refractivity contribution in [1.82, 2.24) is 10.6 Å². The van der Waals surface area contributed by atoms with Crippen LogP contribution in [0.1, 0.15) is 56.7 Å². The van der Waals surface area contributed by atoms with Gasteiger partial charge >= 0.3 is 11.8 Å². The molecule has 0 aromatic heterocycles. The molecule has 1 aromatic rings. The van der Waals surface area contributed by atoms with Crippen LogP contribution in [0, 0.1) is 0 Å². The van der Waals surface area contributed by atoms with E-state index in [2.05, 4.69) is 29.7 Å². The molecule has 0 spiro atoms. The number of aryl methyl sites for hydroxylation is 1. The molecular formula is C17H24N2O2. The Morgan fingerprint density at radius 2 is 1.76 bits per heavy atom. The zero-order valence-electron chi connectivity index (χ0n) is 12.8. The molecule has 0 heterocycles. The summed E-state index contributed by atoms with van der Waals surface area (Å²) in [5.74, 6) is -1.06. The molecule has 4 heteroatoms. The summed E-state index contributed by atoms with van der Waals surface area (Å²) < 4.78 is 0. The third-order valence-electron chi connectivity index (χ3n) is 4.13. The summed E-state index contributed by atoms with van der Waals surface area (Å²) in [4.78, 5) is 23.8. The van der Waals surface area contributed by atoms with Crippen LogP contribution in [0.4, 0.5) is 0 Å². The highest BCUT2D eigenvalue weighted by Crippen LogP contribution is 2.17. The van der Waals surface area contributed by atoms with Gasteiger partial charge in [0.05, 0.1) is 6.04 Å². The first-order chi connectivity index (χ1) is 10.1. The third kappa shape index (κ3) is 4.31. The molecule has 1 aliphatic carbocycles. The van der Waals surface area contributed by atoms with Gasteiger partial charge in [-0.15, -0.1) is 0 Å². The van der Waals surface area contributed by atoms with Crippen molar-refractivity contribution in [1.29, 1.82) is 0 Å². The maximum atomic E-state index is 11.9. The largest absolute Gasteiger partial charge is 0.345 e. The van der Waals surface area contributed by atoms with E-state index in [9.17, 15) is 9.59 Å². The van der Waals surface area contributed by atoms with Crippen LogP contribution in [0.3, 0.4) is 0 Å². The van der Waals surface area contributed by atoms with Crippen molar-refractivity contribution in [3.63, 3.8) is 0 Å². The van der Waals surface area contributed by atoms with Crippen molar-refractivity contribution in [3.8, 4) is 0 Å². The Kier molecular flexibility index (Phi) is 5.37. The predicted molar refractivity (Wildman–Crippen MR) is 82.8 cm³/mol. The molecule has 1 aromatic carbocycles. The van der Waals surface area contributed by atoms with Gasteiger partial charge in [-0.2, -0.15) is 0 Å². The van der Waals surface area contributed by atoms with Gasteiger partial charge in [-0.1, -0.05) is 44.0 Å². The normalized spacial score (nSPS) is 16.5. The van der Waals surface area contributed by atoms with E-state index in [-0.39, 0.29) is 12.1 Å². The van der Waals surface area contributed by atoms with E-state index in [1.165, 1.54) is 5.56 Å². The molecule has 1 atom stereocenters. The summed E-state index contributed by atoms with van der Waals surface area (Å²) in [6.45, 7) is 4.00. The van der Waals surface area contributed by atoms with Crippen LogP contribution >= 0.6 is 0 Å².